The maximum atomic E-state index is 10.5. The third-order valence-corrected chi connectivity index (χ3v) is 32.2. The molecule has 7 fully saturated rings. The second kappa shape index (κ2) is 15.1. The number of ether oxygens (including phenoxy) is 2. The maximum absolute atomic E-state index is 10.5. The first kappa shape index (κ1) is 36.9. The third kappa shape index (κ3) is 9.94. The first-order valence-corrected chi connectivity index (χ1v) is 30.4. The molecular weight excluding hydrogens is 673 g/mol. The molecule has 48 heavy (non-hydrogen) atoms. The van der Waals surface area contributed by atoms with Gasteiger partial charge in [0, 0.05) is 0 Å². The van der Waals surface area contributed by atoms with E-state index in [0.717, 1.165) is 94.8 Å². The number of rotatable bonds is 12. The standard InChI is InChI=1S/C36H68O8Si4/c1-45(20-16-27-8-12-31(37)13-9-27)41-46(2,21-17-28-6-5-7-32(38)24-28)43-48(4,23-19-30-11-15-34-36(26-30)40-34)44-47(3,42-45)22-18-29-10-14-33-35(25-29)39-33/h27-38H,5-26H2,1-4H3. The van der Waals surface area contributed by atoms with Gasteiger partial charge in [0.2, 0.25) is 0 Å². The molecule has 12 atom stereocenters. The van der Waals surface area contributed by atoms with Crippen LogP contribution < -0.4 is 0 Å². The zero-order valence-corrected chi connectivity index (χ0v) is 34.7. The van der Waals surface area contributed by atoms with Crippen molar-refractivity contribution in [1.82, 2.24) is 0 Å². The van der Waals surface area contributed by atoms with Crippen LogP contribution in [0.4, 0.5) is 0 Å². The van der Waals surface area contributed by atoms with Crippen LogP contribution in [0, 0.1) is 23.7 Å². The van der Waals surface area contributed by atoms with Crippen molar-refractivity contribution in [2.75, 3.05) is 0 Å². The monoisotopic (exact) mass is 740 g/mol. The molecule has 0 bridgehead atoms. The van der Waals surface area contributed by atoms with Gasteiger partial charge in [-0.3, -0.25) is 0 Å². The summed E-state index contributed by atoms with van der Waals surface area (Å²) >= 11 is 0. The van der Waals surface area contributed by atoms with Crippen molar-refractivity contribution in [3.8, 4) is 0 Å². The Balaban J connectivity index is 1.10. The number of hydrogen-bond acceptors (Lipinski definition) is 8. The van der Waals surface area contributed by atoms with Crippen LogP contribution in [0.5, 0.6) is 0 Å². The molecule has 7 aliphatic rings. The van der Waals surface area contributed by atoms with Gasteiger partial charge in [-0.05, 0) is 177 Å². The zero-order chi connectivity index (χ0) is 33.6. The fourth-order valence-corrected chi connectivity index (χ4v) is 34.4. The molecule has 2 N–H and O–H groups in total. The largest absolute Gasteiger partial charge is 0.416 e. The lowest BCUT2D eigenvalue weighted by molar-refractivity contribution is 0.0986. The Labute approximate surface area is 295 Å². The second-order valence-electron chi connectivity index (χ2n) is 18.2. The summed E-state index contributed by atoms with van der Waals surface area (Å²) in [5, 5.41) is 20.6. The molecule has 276 valence electrons. The molecular formula is C36H68O8Si4. The van der Waals surface area contributed by atoms with E-state index in [1.165, 1.54) is 44.9 Å². The zero-order valence-electron chi connectivity index (χ0n) is 30.7. The van der Waals surface area contributed by atoms with Crippen molar-refractivity contribution in [3.63, 3.8) is 0 Å². The van der Waals surface area contributed by atoms with Crippen LogP contribution in [0.25, 0.3) is 0 Å². The highest BCUT2D eigenvalue weighted by atomic mass is 28.5. The van der Waals surface area contributed by atoms with E-state index in [4.69, 9.17) is 25.9 Å². The van der Waals surface area contributed by atoms with E-state index < -0.39 is 34.2 Å². The van der Waals surface area contributed by atoms with Crippen molar-refractivity contribution in [2.45, 2.75) is 203 Å². The number of aliphatic hydroxyl groups is 2. The maximum Gasteiger partial charge on any atom is 0.317 e. The Morgan fingerprint density at radius 2 is 0.812 bits per heavy atom. The Hall–Kier alpha value is 0.548. The highest BCUT2D eigenvalue weighted by Crippen LogP contribution is 2.46. The van der Waals surface area contributed by atoms with Gasteiger partial charge in [-0.15, -0.1) is 0 Å². The molecule has 0 aromatic rings. The molecule has 3 saturated heterocycles. The van der Waals surface area contributed by atoms with Gasteiger partial charge in [-0.1, -0.05) is 12.8 Å². The highest BCUT2D eigenvalue weighted by molar-refractivity contribution is 6.93. The summed E-state index contributed by atoms with van der Waals surface area (Å²) in [6, 6.07) is 3.97. The minimum atomic E-state index is -2.67. The predicted molar refractivity (Wildman–Crippen MR) is 196 cm³/mol. The van der Waals surface area contributed by atoms with Gasteiger partial charge in [0.1, 0.15) is 0 Å². The molecule has 4 aliphatic carbocycles. The molecule has 0 aromatic heterocycles. The third-order valence-electron chi connectivity index (χ3n) is 13.6. The van der Waals surface area contributed by atoms with Crippen LogP contribution in [-0.4, -0.2) is 81.1 Å². The number of fused-ring (bicyclic) bond motifs is 2. The van der Waals surface area contributed by atoms with Crippen LogP contribution >= 0.6 is 0 Å². The van der Waals surface area contributed by atoms with Gasteiger partial charge in [0.05, 0.1) is 36.6 Å². The summed E-state index contributed by atoms with van der Waals surface area (Å²) in [5.74, 6) is 2.59. The molecule has 4 saturated carbocycles. The molecule has 8 nitrogen and oxygen atoms in total. The molecule has 3 heterocycles. The summed E-state index contributed by atoms with van der Waals surface area (Å²) in [5.41, 5.74) is 0. The van der Waals surface area contributed by atoms with Gasteiger partial charge >= 0.3 is 34.2 Å². The van der Waals surface area contributed by atoms with E-state index in [9.17, 15) is 10.2 Å². The minimum Gasteiger partial charge on any atom is -0.416 e. The lowest BCUT2D eigenvalue weighted by Gasteiger charge is -2.51. The fourth-order valence-electron chi connectivity index (χ4n) is 10.6. The Morgan fingerprint density at radius 3 is 1.23 bits per heavy atom. The van der Waals surface area contributed by atoms with Crippen LogP contribution in [0.15, 0.2) is 0 Å². The van der Waals surface area contributed by atoms with Gasteiger partial charge in [0.25, 0.3) is 0 Å². The molecule has 7 rings (SSSR count). The average molecular weight is 741 g/mol. The summed E-state index contributed by atoms with van der Waals surface area (Å²) in [4.78, 5) is 0. The normalized spacial score (nSPS) is 50.9. The van der Waals surface area contributed by atoms with Crippen molar-refractivity contribution >= 4 is 34.2 Å². The first-order valence-electron chi connectivity index (χ1n) is 20.3. The van der Waals surface area contributed by atoms with Crippen molar-refractivity contribution in [1.29, 1.82) is 0 Å². The first-order chi connectivity index (χ1) is 22.9. The SMILES string of the molecule is C[Si]1(CCC2CCC(O)CC2)O[Si](C)(CCC2CCCC(O)C2)O[Si](C)(CCC2CCC3OC3C2)O[Si](C)(CCC2CCC3OC3C2)O1. The number of aliphatic hydroxyl groups excluding tert-OH is 2. The molecule has 12 heteroatoms. The van der Waals surface area contributed by atoms with E-state index in [-0.39, 0.29) is 12.2 Å². The van der Waals surface area contributed by atoms with Crippen LogP contribution in [0.2, 0.25) is 50.4 Å². The van der Waals surface area contributed by atoms with Crippen molar-refractivity contribution in [2.24, 2.45) is 23.7 Å². The van der Waals surface area contributed by atoms with E-state index in [1.807, 2.05) is 0 Å². The fraction of sp³-hybridized carbons (Fsp3) is 1.00. The molecule has 0 aromatic carbocycles. The Kier molecular flexibility index (Phi) is 11.6. The lowest BCUT2D eigenvalue weighted by Crippen LogP contribution is -2.67. The quantitative estimate of drug-likeness (QED) is 0.153. The average Bonchev–Trinajstić information content (AvgIpc) is 3.96. The van der Waals surface area contributed by atoms with E-state index >= 15 is 0 Å². The second-order valence-corrected chi connectivity index (χ2v) is 32.6. The molecule has 3 aliphatic heterocycles. The number of epoxide rings is 2. The van der Waals surface area contributed by atoms with Crippen LogP contribution in [-0.2, 0) is 25.9 Å². The van der Waals surface area contributed by atoms with Crippen LogP contribution in [0.3, 0.4) is 0 Å². The summed E-state index contributed by atoms with van der Waals surface area (Å²) in [7, 11) is -10.6. The van der Waals surface area contributed by atoms with Crippen molar-refractivity contribution < 1.29 is 36.1 Å². The predicted octanol–water partition coefficient (Wildman–Crippen LogP) is 8.15. The highest BCUT2D eigenvalue weighted by Gasteiger charge is 2.57. The topological polar surface area (TPSA) is 102 Å². The summed E-state index contributed by atoms with van der Waals surface area (Å²) in [6.45, 7) is 9.41. The van der Waals surface area contributed by atoms with Gasteiger partial charge in [0.15, 0.2) is 0 Å². The Bertz CT molecular complexity index is 1050. The smallest absolute Gasteiger partial charge is 0.317 e. The van der Waals surface area contributed by atoms with Crippen LogP contribution in [0.1, 0.15) is 116 Å². The summed E-state index contributed by atoms with van der Waals surface area (Å²) < 4.78 is 42.2. The lowest BCUT2D eigenvalue weighted by atomic mass is 9.86. The van der Waals surface area contributed by atoms with Gasteiger partial charge in [-0.25, -0.2) is 0 Å². The van der Waals surface area contributed by atoms with E-state index in [1.54, 1.807) is 0 Å². The van der Waals surface area contributed by atoms with Crippen molar-refractivity contribution in [3.05, 3.63) is 0 Å². The minimum absolute atomic E-state index is 0.125. The molecule has 12 unspecified atom stereocenters. The summed E-state index contributed by atoms with van der Waals surface area (Å²) in [6.07, 6.45) is 21.9. The van der Waals surface area contributed by atoms with E-state index in [2.05, 4.69) is 26.2 Å². The number of hydrogen-bond donors (Lipinski definition) is 2. The Morgan fingerprint density at radius 1 is 0.417 bits per heavy atom. The molecule has 0 amide bonds. The molecule has 0 spiro atoms. The van der Waals surface area contributed by atoms with Gasteiger partial charge in [-0.2, -0.15) is 0 Å². The molecule has 0 radical (unpaired) electrons. The van der Waals surface area contributed by atoms with E-state index in [0.29, 0.717) is 48.1 Å². The van der Waals surface area contributed by atoms with Gasteiger partial charge < -0.3 is 36.1 Å².